The molecule has 0 saturated heterocycles. The van der Waals surface area contributed by atoms with Crippen LogP contribution in [0.1, 0.15) is 17.3 Å². The highest BCUT2D eigenvalue weighted by Gasteiger charge is 2.25. The van der Waals surface area contributed by atoms with Crippen LogP contribution < -0.4 is 5.32 Å². The molecule has 0 saturated carbocycles. The van der Waals surface area contributed by atoms with Crippen molar-refractivity contribution in [3.05, 3.63) is 175 Å². The minimum absolute atomic E-state index is 0.305. The molecule has 0 amide bonds. The molecule has 1 unspecified atom stereocenters. The first-order chi connectivity index (χ1) is 23.8. The Morgan fingerprint density at radius 3 is 1.75 bits per heavy atom. The number of hydrogen-bond donors (Lipinski definition) is 1. The molecule has 5 heteroatoms. The van der Waals surface area contributed by atoms with Gasteiger partial charge in [-0.2, -0.15) is 4.99 Å². The summed E-state index contributed by atoms with van der Waals surface area (Å²) >= 11 is 0. The van der Waals surface area contributed by atoms with Crippen molar-refractivity contribution in [2.75, 3.05) is 0 Å². The number of fused-ring (bicyclic) bond motifs is 7. The predicted octanol–water partition coefficient (Wildman–Crippen LogP) is 10.00. The van der Waals surface area contributed by atoms with Gasteiger partial charge in [0.05, 0.1) is 22.1 Å². The Balaban J connectivity index is 1.22. The quantitative estimate of drug-likeness (QED) is 0.211. The van der Waals surface area contributed by atoms with Crippen LogP contribution in [0.4, 0.5) is 0 Å². The third kappa shape index (κ3) is 4.04. The molecule has 0 fully saturated rings. The number of aliphatic imine (C=N–C) groups is 2. The van der Waals surface area contributed by atoms with Gasteiger partial charge in [0.15, 0.2) is 0 Å². The first-order valence-corrected chi connectivity index (χ1v) is 16.3. The lowest BCUT2D eigenvalue weighted by Gasteiger charge is -2.25. The maximum absolute atomic E-state index is 5.29. The molecule has 226 valence electrons. The Morgan fingerprint density at radius 2 is 1.02 bits per heavy atom. The first-order valence-electron chi connectivity index (χ1n) is 16.3. The normalized spacial score (nSPS) is 14.9. The van der Waals surface area contributed by atoms with Gasteiger partial charge in [0.1, 0.15) is 12.0 Å². The first kappa shape index (κ1) is 26.7. The second-order valence-corrected chi connectivity index (χ2v) is 12.3. The van der Waals surface area contributed by atoms with Crippen molar-refractivity contribution < 1.29 is 0 Å². The summed E-state index contributed by atoms with van der Waals surface area (Å²) in [5.41, 5.74) is 7.78. The molecule has 1 aliphatic heterocycles. The fourth-order valence-corrected chi connectivity index (χ4v) is 7.43. The van der Waals surface area contributed by atoms with E-state index in [-0.39, 0.29) is 6.17 Å². The standard InChI is InChI=1S/C43H29N5/c1-2-14-29(15-3-1)41-44-42(35-21-12-16-28-13-4-5-17-31(28)35)46-43(45-41)48-39-24-11-8-20-34(39)36-27-30(25-26-40(36)48)47-37-22-9-6-18-32(37)33-19-7-10-23-38(33)47/h1-27,41H,(H,44,45,46). The van der Waals surface area contributed by atoms with E-state index in [0.717, 1.165) is 49.8 Å². The van der Waals surface area contributed by atoms with E-state index in [4.69, 9.17) is 9.98 Å². The van der Waals surface area contributed by atoms with Crippen molar-refractivity contribution in [1.82, 2.24) is 14.5 Å². The molecule has 0 aliphatic carbocycles. The molecular weight excluding hydrogens is 587 g/mol. The number of hydrogen-bond acceptors (Lipinski definition) is 3. The maximum Gasteiger partial charge on any atom is 0.234 e. The zero-order chi connectivity index (χ0) is 31.6. The Hall–Kier alpha value is -6.46. The number of nitrogens with one attached hydrogen (secondary N) is 1. The Morgan fingerprint density at radius 1 is 0.458 bits per heavy atom. The fourth-order valence-electron chi connectivity index (χ4n) is 7.43. The summed E-state index contributed by atoms with van der Waals surface area (Å²) in [5, 5.41) is 10.8. The highest BCUT2D eigenvalue weighted by molar-refractivity contribution is 6.19. The Labute approximate surface area is 276 Å². The van der Waals surface area contributed by atoms with E-state index < -0.39 is 0 Å². The summed E-state index contributed by atoms with van der Waals surface area (Å²) in [5.74, 6) is 1.46. The van der Waals surface area contributed by atoms with Gasteiger partial charge in [0.25, 0.3) is 0 Å². The van der Waals surface area contributed by atoms with Crippen molar-refractivity contribution in [3.8, 4) is 5.69 Å². The van der Waals surface area contributed by atoms with Gasteiger partial charge in [-0.05, 0) is 52.7 Å². The van der Waals surface area contributed by atoms with Crippen molar-refractivity contribution in [1.29, 1.82) is 0 Å². The molecule has 2 aromatic heterocycles. The summed E-state index contributed by atoms with van der Waals surface area (Å²) in [7, 11) is 0. The second kappa shape index (κ2) is 10.5. The highest BCUT2D eigenvalue weighted by atomic mass is 15.3. The number of rotatable bonds is 3. The largest absolute Gasteiger partial charge is 0.344 e. The van der Waals surface area contributed by atoms with E-state index in [9.17, 15) is 0 Å². The lowest BCUT2D eigenvalue weighted by atomic mass is 10.0. The predicted molar refractivity (Wildman–Crippen MR) is 199 cm³/mol. The van der Waals surface area contributed by atoms with Gasteiger partial charge in [-0.15, -0.1) is 0 Å². The molecule has 1 N–H and O–H groups in total. The molecular formula is C43H29N5. The molecule has 1 aliphatic rings. The van der Waals surface area contributed by atoms with E-state index in [1.165, 1.54) is 27.2 Å². The third-order valence-electron chi connectivity index (χ3n) is 9.58. The van der Waals surface area contributed by atoms with Gasteiger partial charge in [-0.3, -0.25) is 4.57 Å². The minimum atomic E-state index is -0.305. The molecule has 5 nitrogen and oxygen atoms in total. The van der Waals surface area contributed by atoms with Crippen LogP contribution in [0.5, 0.6) is 0 Å². The lowest BCUT2D eigenvalue weighted by molar-refractivity contribution is 0.669. The highest BCUT2D eigenvalue weighted by Crippen LogP contribution is 2.36. The average Bonchev–Trinajstić information content (AvgIpc) is 3.67. The van der Waals surface area contributed by atoms with Gasteiger partial charge in [-0.1, -0.05) is 127 Å². The van der Waals surface area contributed by atoms with Crippen LogP contribution >= 0.6 is 0 Å². The van der Waals surface area contributed by atoms with Crippen LogP contribution in [0.25, 0.3) is 60.1 Å². The van der Waals surface area contributed by atoms with Crippen molar-refractivity contribution in [2.45, 2.75) is 6.17 Å². The van der Waals surface area contributed by atoms with Gasteiger partial charge >= 0.3 is 0 Å². The van der Waals surface area contributed by atoms with Crippen molar-refractivity contribution in [3.63, 3.8) is 0 Å². The number of aromatic nitrogens is 2. The molecule has 0 spiro atoms. The smallest absolute Gasteiger partial charge is 0.234 e. The van der Waals surface area contributed by atoms with Crippen molar-refractivity contribution in [2.24, 2.45) is 9.98 Å². The van der Waals surface area contributed by atoms with E-state index >= 15 is 0 Å². The molecule has 7 aromatic carbocycles. The van der Waals surface area contributed by atoms with Gasteiger partial charge in [0.2, 0.25) is 5.96 Å². The second-order valence-electron chi connectivity index (χ2n) is 12.3. The zero-order valence-electron chi connectivity index (χ0n) is 26.0. The molecule has 3 heterocycles. The maximum atomic E-state index is 5.29. The van der Waals surface area contributed by atoms with Crippen LogP contribution in [-0.4, -0.2) is 20.9 Å². The molecule has 9 aromatic rings. The Kier molecular flexibility index (Phi) is 5.87. The summed E-state index contributed by atoms with van der Waals surface area (Å²) in [4.78, 5) is 10.6. The van der Waals surface area contributed by atoms with Gasteiger partial charge in [0, 0.05) is 32.8 Å². The zero-order valence-corrected chi connectivity index (χ0v) is 26.0. The van der Waals surface area contributed by atoms with Gasteiger partial charge < -0.3 is 9.88 Å². The third-order valence-corrected chi connectivity index (χ3v) is 9.58. The van der Waals surface area contributed by atoms with E-state index in [0.29, 0.717) is 5.96 Å². The van der Waals surface area contributed by atoms with Crippen LogP contribution in [0.2, 0.25) is 0 Å². The van der Waals surface area contributed by atoms with E-state index in [2.05, 4.69) is 172 Å². The van der Waals surface area contributed by atoms with Crippen LogP contribution in [0.15, 0.2) is 174 Å². The summed E-state index contributed by atoms with van der Waals surface area (Å²) in [6, 6.07) is 57.9. The Bertz CT molecular complexity index is 2710. The lowest BCUT2D eigenvalue weighted by Crippen LogP contribution is -2.35. The van der Waals surface area contributed by atoms with Crippen LogP contribution in [-0.2, 0) is 0 Å². The average molecular weight is 616 g/mol. The molecule has 48 heavy (non-hydrogen) atoms. The SMILES string of the molecule is c1ccc(C2N=C(n3c4ccccc4c4cc(-n5c6ccccc6c6ccccc65)ccc43)N=C(c3cccc4ccccc34)N2)cc1. The summed E-state index contributed by atoms with van der Waals surface area (Å²) < 4.78 is 4.60. The van der Waals surface area contributed by atoms with Crippen molar-refractivity contribution >= 4 is 66.2 Å². The number of amidine groups is 1. The molecule has 0 radical (unpaired) electrons. The number of nitrogens with zero attached hydrogens (tertiary/aromatic N) is 4. The summed E-state index contributed by atoms with van der Waals surface area (Å²) in [6.07, 6.45) is -0.305. The minimum Gasteiger partial charge on any atom is -0.344 e. The van der Waals surface area contributed by atoms with Crippen LogP contribution in [0.3, 0.4) is 0 Å². The number of para-hydroxylation sites is 3. The fraction of sp³-hybridized carbons (Fsp3) is 0.0233. The number of benzene rings is 7. The molecule has 10 rings (SSSR count). The van der Waals surface area contributed by atoms with E-state index in [1.54, 1.807) is 0 Å². The monoisotopic (exact) mass is 615 g/mol. The molecule has 1 atom stereocenters. The van der Waals surface area contributed by atoms with Crippen LogP contribution in [0, 0.1) is 0 Å². The summed E-state index contributed by atoms with van der Waals surface area (Å²) in [6.45, 7) is 0. The topological polar surface area (TPSA) is 46.6 Å². The molecule has 0 bridgehead atoms. The van der Waals surface area contributed by atoms with E-state index in [1.807, 2.05) is 6.07 Å². The van der Waals surface area contributed by atoms with Gasteiger partial charge in [-0.25, -0.2) is 4.99 Å².